The van der Waals surface area contributed by atoms with Crippen LogP contribution in [-0.4, -0.2) is 30.0 Å². The molecule has 0 aliphatic rings. The molecule has 4 nitrogen and oxygen atoms in total. The van der Waals surface area contributed by atoms with E-state index in [1.54, 1.807) is 7.11 Å². The summed E-state index contributed by atoms with van der Waals surface area (Å²) >= 11 is 0. The first-order valence-electron chi connectivity index (χ1n) is 7.50. The molecule has 0 aliphatic carbocycles. The van der Waals surface area contributed by atoms with Crippen LogP contribution in [0.2, 0.25) is 0 Å². The minimum atomic E-state index is 0.381. The van der Waals surface area contributed by atoms with Gasteiger partial charge in [-0.05, 0) is 32.7 Å². The molecule has 0 amide bonds. The topological polar surface area (TPSA) is 39.1 Å². The number of rotatable bonds is 9. The minimum absolute atomic E-state index is 0.381. The maximum Gasteiger partial charge on any atom is 0.0672 e. The summed E-state index contributed by atoms with van der Waals surface area (Å²) < 4.78 is 7.31. The predicted octanol–water partition coefficient (Wildman–Crippen LogP) is 2.71. The summed E-state index contributed by atoms with van der Waals surface area (Å²) in [6, 6.07) is 0.381. The van der Waals surface area contributed by atoms with Crippen LogP contribution >= 0.6 is 0 Å². The van der Waals surface area contributed by atoms with Gasteiger partial charge >= 0.3 is 0 Å². The molecule has 0 radical (unpaired) electrons. The standard InChI is InChI=1S/C15H29N3O/c1-6-13-15(12(4)16-8-3)14(7-2)18(17-13)10-9-11-19-5/h12,16H,6-11H2,1-5H3. The lowest BCUT2D eigenvalue weighted by Gasteiger charge is -2.15. The van der Waals surface area contributed by atoms with Gasteiger partial charge in [-0.3, -0.25) is 4.68 Å². The van der Waals surface area contributed by atoms with E-state index in [2.05, 4.69) is 37.7 Å². The van der Waals surface area contributed by atoms with Crippen molar-refractivity contribution >= 4 is 0 Å². The molecule has 1 aromatic heterocycles. The number of hydrogen-bond donors (Lipinski definition) is 1. The third-order valence-electron chi connectivity index (χ3n) is 3.51. The van der Waals surface area contributed by atoms with E-state index in [0.29, 0.717) is 6.04 Å². The second-order valence-corrected chi connectivity index (χ2v) is 4.86. The van der Waals surface area contributed by atoms with Gasteiger partial charge in [0.15, 0.2) is 0 Å². The Morgan fingerprint density at radius 2 is 2.00 bits per heavy atom. The first-order valence-corrected chi connectivity index (χ1v) is 7.50. The van der Waals surface area contributed by atoms with Crippen LogP contribution in [0, 0.1) is 0 Å². The molecular formula is C15H29N3O. The third-order valence-corrected chi connectivity index (χ3v) is 3.51. The van der Waals surface area contributed by atoms with Gasteiger partial charge in [-0.15, -0.1) is 0 Å². The smallest absolute Gasteiger partial charge is 0.0672 e. The number of ether oxygens (including phenoxy) is 1. The molecule has 0 aliphatic heterocycles. The summed E-state index contributed by atoms with van der Waals surface area (Å²) in [7, 11) is 1.75. The second-order valence-electron chi connectivity index (χ2n) is 4.86. The summed E-state index contributed by atoms with van der Waals surface area (Å²) in [4.78, 5) is 0. The number of hydrogen-bond acceptors (Lipinski definition) is 3. The second kappa shape index (κ2) is 8.33. The van der Waals surface area contributed by atoms with Gasteiger partial charge < -0.3 is 10.1 Å². The van der Waals surface area contributed by atoms with Crippen LogP contribution in [0.25, 0.3) is 0 Å². The highest BCUT2D eigenvalue weighted by atomic mass is 16.5. The quantitative estimate of drug-likeness (QED) is 0.699. The molecule has 1 N–H and O–H groups in total. The fourth-order valence-corrected chi connectivity index (χ4v) is 2.65. The van der Waals surface area contributed by atoms with Crippen molar-refractivity contribution in [3.05, 3.63) is 17.0 Å². The van der Waals surface area contributed by atoms with Crippen LogP contribution in [0.5, 0.6) is 0 Å². The average molecular weight is 267 g/mol. The van der Waals surface area contributed by atoms with E-state index in [-0.39, 0.29) is 0 Å². The first kappa shape index (κ1) is 16.2. The lowest BCUT2D eigenvalue weighted by Crippen LogP contribution is -2.20. The summed E-state index contributed by atoms with van der Waals surface area (Å²) in [6.45, 7) is 11.5. The van der Waals surface area contributed by atoms with Gasteiger partial charge in [0.1, 0.15) is 0 Å². The molecule has 1 heterocycles. The number of methoxy groups -OCH3 is 1. The minimum Gasteiger partial charge on any atom is -0.385 e. The van der Waals surface area contributed by atoms with E-state index in [1.807, 2.05) is 0 Å². The maximum absolute atomic E-state index is 5.13. The van der Waals surface area contributed by atoms with E-state index in [9.17, 15) is 0 Å². The molecule has 0 bridgehead atoms. The molecule has 0 saturated heterocycles. The van der Waals surface area contributed by atoms with Crippen LogP contribution in [-0.2, 0) is 24.1 Å². The van der Waals surface area contributed by atoms with E-state index in [0.717, 1.165) is 39.0 Å². The Hall–Kier alpha value is -0.870. The Morgan fingerprint density at radius 1 is 1.26 bits per heavy atom. The third kappa shape index (κ3) is 4.05. The lowest BCUT2D eigenvalue weighted by molar-refractivity contribution is 0.188. The molecule has 0 saturated carbocycles. The van der Waals surface area contributed by atoms with E-state index in [1.165, 1.54) is 17.0 Å². The SMILES string of the molecule is CCNC(C)c1c(CC)nn(CCCOC)c1CC. The first-order chi connectivity index (χ1) is 9.19. The van der Waals surface area contributed by atoms with E-state index >= 15 is 0 Å². The number of nitrogens with zero attached hydrogens (tertiary/aromatic N) is 2. The molecular weight excluding hydrogens is 238 g/mol. The van der Waals surface area contributed by atoms with Crippen molar-refractivity contribution < 1.29 is 4.74 Å². The molecule has 19 heavy (non-hydrogen) atoms. The molecule has 1 unspecified atom stereocenters. The van der Waals surface area contributed by atoms with Gasteiger partial charge in [-0.2, -0.15) is 5.10 Å². The summed E-state index contributed by atoms with van der Waals surface area (Å²) in [5, 5.41) is 8.31. The molecule has 0 fully saturated rings. The Labute approximate surface area is 117 Å². The molecule has 1 aromatic rings. The van der Waals surface area contributed by atoms with Crippen molar-refractivity contribution in [2.75, 3.05) is 20.3 Å². The highest BCUT2D eigenvalue weighted by Gasteiger charge is 2.19. The van der Waals surface area contributed by atoms with Crippen LogP contribution < -0.4 is 5.32 Å². The van der Waals surface area contributed by atoms with Gasteiger partial charge in [0.05, 0.1) is 5.69 Å². The summed E-state index contributed by atoms with van der Waals surface area (Å²) in [5.74, 6) is 0. The highest BCUT2D eigenvalue weighted by Crippen LogP contribution is 2.23. The lowest BCUT2D eigenvalue weighted by atomic mass is 10.0. The largest absolute Gasteiger partial charge is 0.385 e. The van der Waals surface area contributed by atoms with Crippen molar-refractivity contribution in [1.29, 1.82) is 0 Å². The number of aromatic nitrogens is 2. The normalized spacial score (nSPS) is 12.9. The predicted molar refractivity (Wildman–Crippen MR) is 79.6 cm³/mol. The van der Waals surface area contributed by atoms with Crippen molar-refractivity contribution in [2.45, 2.75) is 59.5 Å². The Morgan fingerprint density at radius 3 is 2.53 bits per heavy atom. The fraction of sp³-hybridized carbons (Fsp3) is 0.800. The van der Waals surface area contributed by atoms with Crippen molar-refractivity contribution in [3.8, 4) is 0 Å². The molecule has 4 heteroatoms. The maximum atomic E-state index is 5.13. The van der Waals surface area contributed by atoms with Crippen LogP contribution in [0.1, 0.15) is 57.1 Å². The molecule has 1 rings (SSSR count). The van der Waals surface area contributed by atoms with Gasteiger partial charge in [0, 0.05) is 37.6 Å². The van der Waals surface area contributed by atoms with Gasteiger partial charge in [0.2, 0.25) is 0 Å². The van der Waals surface area contributed by atoms with Crippen molar-refractivity contribution in [1.82, 2.24) is 15.1 Å². The molecule has 0 spiro atoms. The Kier molecular flexibility index (Phi) is 7.10. The monoisotopic (exact) mass is 267 g/mol. The van der Waals surface area contributed by atoms with Crippen LogP contribution in [0.15, 0.2) is 0 Å². The highest BCUT2D eigenvalue weighted by molar-refractivity contribution is 5.30. The Balaban J connectivity index is 2.99. The van der Waals surface area contributed by atoms with E-state index in [4.69, 9.17) is 9.84 Å². The van der Waals surface area contributed by atoms with Crippen LogP contribution in [0.3, 0.4) is 0 Å². The zero-order valence-electron chi connectivity index (χ0n) is 13.1. The number of aryl methyl sites for hydroxylation is 2. The molecule has 1 atom stereocenters. The summed E-state index contributed by atoms with van der Waals surface area (Å²) in [6.07, 6.45) is 3.05. The Bertz CT molecular complexity index is 374. The van der Waals surface area contributed by atoms with Crippen molar-refractivity contribution in [3.63, 3.8) is 0 Å². The van der Waals surface area contributed by atoms with Gasteiger partial charge in [-0.25, -0.2) is 0 Å². The number of nitrogens with one attached hydrogen (secondary N) is 1. The zero-order valence-corrected chi connectivity index (χ0v) is 13.1. The van der Waals surface area contributed by atoms with Gasteiger partial charge in [-0.1, -0.05) is 20.8 Å². The molecule has 0 aromatic carbocycles. The average Bonchev–Trinajstić information content (AvgIpc) is 2.77. The molecule has 110 valence electrons. The fourth-order valence-electron chi connectivity index (χ4n) is 2.65. The zero-order chi connectivity index (χ0) is 14.3. The van der Waals surface area contributed by atoms with Gasteiger partial charge in [0.25, 0.3) is 0 Å². The van der Waals surface area contributed by atoms with Crippen LogP contribution in [0.4, 0.5) is 0 Å². The van der Waals surface area contributed by atoms with Crippen molar-refractivity contribution in [2.24, 2.45) is 0 Å². The summed E-state index contributed by atoms with van der Waals surface area (Å²) in [5.41, 5.74) is 4.02. The van der Waals surface area contributed by atoms with E-state index < -0.39 is 0 Å².